The van der Waals surface area contributed by atoms with E-state index in [1.807, 2.05) is 115 Å². The van der Waals surface area contributed by atoms with Crippen LogP contribution in [-0.2, 0) is 0 Å². The van der Waals surface area contributed by atoms with Crippen LogP contribution in [0.2, 0.25) is 0 Å². The van der Waals surface area contributed by atoms with E-state index in [0.717, 1.165) is 116 Å². The van der Waals surface area contributed by atoms with Gasteiger partial charge in [0.05, 0.1) is 50.1 Å². The van der Waals surface area contributed by atoms with E-state index in [1.165, 1.54) is 0 Å². The van der Waals surface area contributed by atoms with Gasteiger partial charge in [0.25, 0.3) is 0 Å². The molecule has 0 spiro atoms. The Balaban J connectivity index is 1.00. The van der Waals surface area contributed by atoms with Crippen LogP contribution in [0, 0.1) is 0 Å². The van der Waals surface area contributed by atoms with Gasteiger partial charge in [0.15, 0.2) is 17.5 Å². The highest BCUT2D eigenvalue weighted by Crippen LogP contribution is 2.44. The second-order valence-corrected chi connectivity index (χ2v) is 18.7. The van der Waals surface area contributed by atoms with Crippen molar-refractivity contribution in [1.82, 2.24) is 39.0 Å². The summed E-state index contributed by atoms with van der Waals surface area (Å²) in [5, 5.41) is 6.13. The van der Waals surface area contributed by atoms with Crippen LogP contribution in [-0.4, -0.2) is 39.0 Å². The Morgan fingerprint density at radius 2 is 0.893 bits per heavy atom. The molecule has 0 atom stereocenters. The summed E-state index contributed by atoms with van der Waals surface area (Å²) >= 11 is 0. The second kappa shape index (κ2) is 17.1. The maximum Gasteiger partial charge on any atom is 0.235 e. The van der Waals surface area contributed by atoms with Crippen molar-refractivity contribution < 1.29 is 4.42 Å². The smallest absolute Gasteiger partial charge is 0.235 e. The van der Waals surface area contributed by atoms with Crippen LogP contribution >= 0.6 is 0 Å². The topological polar surface area (TPSA) is 100 Å². The van der Waals surface area contributed by atoms with Gasteiger partial charge in [-0.3, -0.25) is 9.13 Å². The zero-order valence-electron chi connectivity index (χ0n) is 40.1. The lowest BCUT2D eigenvalue weighted by atomic mass is 10.0. The number of nitrogens with zero attached hydrogens (tertiary/aromatic N) is 8. The van der Waals surface area contributed by atoms with Crippen LogP contribution in [0.3, 0.4) is 0 Å². The van der Waals surface area contributed by atoms with Gasteiger partial charge in [-0.1, -0.05) is 194 Å². The van der Waals surface area contributed by atoms with E-state index < -0.39 is 0 Å². The van der Waals surface area contributed by atoms with Crippen molar-refractivity contribution in [3.8, 4) is 79.7 Å². The fraction of sp³-hybridized carbons (Fsp3) is 0. The predicted molar refractivity (Wildman–Crippen MR) is 302 cm³/mol. The Morgan fingerprint density at radius 1 is 0.347 bits per heavy atom. The quantitative estimate of drug-likeness (QED) is 0.149. The van der Waals surface area contributed by atoms with Gasteiger partial charge in [0.1, 0.15) is 17.0 Å². The molecule has 10 aromatic carbocycles. The van der Waals surface area contributed by atoms with Gasteiger partial charge in [-0.05, 0) is 53.9 Å². The molecule has 9 heteroatoms. The molecule has 0 aliphatic carbocycles. The number of imidazole rings is 1. The average molecular weight is 961 g/mol. The summed E-state index contributed by atoms with van der Waals surface area (Å²) in [5.41, 5.74) is 13.4. The fourth-order valence-corrected chi connectivity index (χ4v) is 10.7. The lowest BCUT2D eigenvalue weighted by Gasteiger charge is -2.15. The van der Waals surface area contributed by atoms with Crippen molar-refractivity contribution in [3.05, 3.63) is 243 Å². The third-order valence-corrected chi connectivity index (χ3v) is 14.2. The minimum Gasteiger partial charge on any atom is -0.455 e. The number of hydrogen-bond donors (Lipinski definition) is 0. The first-order chi connectivity index (χ1) is 37.2. The van der Waals surface area contributed by atoms with E-state index in [9.17, 15) is 0 Å². The van der Waals surface area contributed by atoms with Crippen LogP contribution < -0.4 is 0 Å². The van der Waals surface area contributed by atoms with E-state index in [4.69, 9.17) is 34.3 Å². The number of furan rings is 1. The first-order valence-electron chi connectivity index (χ1n) is 24.9. The van der Waals surface area contributed by atoms with Gasteiger partial charge >= 0.3 is 0 Å². The number of para-hydroxylation sites is 2. The summed E-state index contributed by atoms with van der Waals surface area (Å²) in [6.45, 7) is 0. The number of fused-ring (bicyclic) bond motifs is 9. The molecule has 15 aromatic rings. The summed E-state index contributed by atoms with van der Waals surface area (Å²) in [5.74, 6) is 3.06. The van der Waals surface area contributed by atoms with Gasteiger partial charge < -0.3 is 4.42 Å². The summed E-state index contributed by atoms with van der Waals surface area (Å²) in [4.78, 5) is 31.5. The Kier molecular flexibility index (Phi) is 9.67. The molecule has 350 valence electrons. The molecule has 9 nitrogen and oxygen atoms in total. The zero-order chi connectivity index (χ0) is 49.4. The molecule has 0 N–H and O–H groups in total. The van der Waals surface area contributed by atoms with Crippen LogP contribution in [0.25, 0.3) is 145 Å². The van der Waals surface area contributed by atoms with Crippen molar-refractivity contribution in [3.63, 3.8) is 0 Å². The molecule has 0 saturated heterocycles. The summed E-state index contributed by atoms with van der Waals surface area (Å²) < 4.78 is 11.5. The Labute approximate surface area is 429 Å². The van der Waals surface area contributed by atoms with Crippen LogP contribution in [0.4, 0.5) is 0 Å². The Bertz CT molecular complexity index is 4570. The minimum atomic E-state index is 0.510. The van der Waals surface area contributed by atoms with E-state index in [-0.39, 0.29) is 0 Å². The van der Waals surface area contributed by atoms with Crippen molar-refractivity contribution in [1.29, 1.82) is 0 Å². The third-order valence-electron chi connectivity index (χ3n) is 14.2. The fourth-order valence-electron chi connectivity index (χ4n) is 10.7. The van der Waals surface area contributed by atoms with Crippen molar-refractivity contribution in [2.75, 3.05) is 0 Å². The van der Waals surface area contributed by atoms with E-state index in [0.29, 0.717) is 29.0 Å². The summed E-state index contributed by atoms with van der Waals surface area (Å²) in [6.07, 6.45) is 0. The first-order valence-corrected chi connectivity index (χ1v) is 24.9. The third kappa shape index (κ3) is 7.01. The summed E-state index contributed by atoms with van der Waals surface area (Å²) in [6, 6.07) is 83.2. The van der Waals surface area contributed by atoms with E-state index in [2.05, 4.69) is 137 Å². The lowest BCUT2D eigenvalue weighted by molar-refractivity contribution is 0.669. The maximum absolute atomic E-state index is 6.99. The van der Waals surface area contributed by atoms with Gasteiger partial charge in [-0.2, -0.15) is 0 Å². The molecule has 0 aliphatic heterocycles. The van der Waals surface area contributed by atoms with Crippen LogP contribution in [0.15, 0.2) is 247 Å². The molecule has 0 radical (unpaired) electrons. The second-order valence-electron chi connectivity index (χ2n) is 18.7. The summed E-state index contributed by atoms with van der Waals surface area (Å²) in [7, 11) is 0. The number of aromatic nitrogens is 8. The number of benzene rings is 10. The highest BCUT2D eigenvalue weighted by Gasteiger charge is 2.26. The molecular weight excluding hydrogens is 921 g/mol. The molecular formula is C66H40N8O. The monoisotopic (exact) mass is 960 g/mol. The standard InChI is InChI=1S/C66H40N8O/c1-6-20-41(21-7-1)53-40-54(42-22-8-2-9-23-42)69-66(68-53)73-55-32-18-16-30-47(55)51-39-50-46(38-57(51)73)34-36-52-60(50)74(65(67-52)45-28-14-5-15-29-45)56-37-35-49(61-59(56)48-31-17-19-33-58(48)75-61)64-71-62(43-24-10-3-11-25-43)70-63(72-64)44-26-12-4-13-27-44/h1-40H. The first kappa shape index (κ1) is 42.3. The van der Waals surface area contributed by atoms with Crippen LogP contribution in [0.1, 0.15) is 0 Å². The SMILES string of the molecule is c1ccc(-c2cc(-c3ccccc3)nc(-n3c4ccccc4c4cc5c(ccc6nc(-c7ccccc7)n(-c7ccc(-c8nc(-c9ccccc9)nc(-c9ccccc9)n8)c8oc9ccccc9c78)c65)cc43)n2)cc1. The molecule has 0 aliphatic rings. The molecule has 5 aromatic heterocycles. The number of hydrogen-bond acceptors (Lipinski definition) is 7. The molecule has 0 bridgehead atoms. The zero-order valence-corrected chi connectivity index (χ0v) is 40.1. The van der Waals surface area contributed by atoms with E-state index >= 15 is 0 Å². The highest BCUT2D eigenvalue weighted by molar-refractivity contribution is 6.19. The molecule has 0 amide bonds. The normalized spacial score (nSPS) is 11.7. The van der Waals surface area contributed by atoms with Crippen molar-refractivity contribution in [2.45, 2.75) is 0 Å². The maximum atomic E-state index is 6.99. The van der Waals surface area contributed by atoms with Gasteiger partial charge in [0.2, 0.25) is 5.95 Å². The molecule has 0 unspecified atom stereocenters. The Hall–Kier alpha value is -10.4. The molecule has 0 saturated carbocycles. The molecule has 15 rings (SSSR count). The van der Waals surface area contributed by atoms with E-state index in [1.54, 1.807) is 0 Å². The number of rotatable bonds is 8. The largest absolute Gasteiger partial charge is 0.455 e. The van der Waals surface area contributed by atoms with Gasteiger partial charge in [-0.25, -0.2) is 29.9 Å². The van der Waals surface area contributed by atoms with Crippen molar-refractivity contribution >= 4 is 65.6 Å². The molecule has 5 heterocycles. The van der Waals surface area contributed by atoms with Crippen molar-refractivity contribution in [2.24, 2.45) is 0 Å². The van der Waals surface area contributed by atoms with Crippen LogP contribution in [0.5, 0.6) is 0 Å². The van der Waals surface area contributed by atoms with Gasteiger partial charge in [-0.15, -0.1) is 0 Å². The molecule has 0 fully saturated rings. The minimum absolute atomic E-state index is 0.510. The highest BCUT2D eigenvalue weighted by atomic mass is 16.3. The average Bonchev–Trinajstić information content (AvgIpc) is 4.26. The Morgan fingerprint density at radius 3 is 1.53 bits per heavy atom. The molecule has 75 heavy (non-hydrogen) atoms. The predicted octanol–water partition coefficient (Wildman–Crippen LogP) is 16.2. The van der Waals surface area contributed by atoms with Gasteiger partial charge in [0, 0.05) is 49.4 Å². The lowest BCUT2D eigenvalue weighted by Crippen LogP contribution is -2.04.